The van der Waals surface area contributed by atoms with Crippen LogP contribution in [0.1, 0.15) is 6.04 Å². The molecule has 5 heteroatoms. The van der Waals surface area contributed by atoms with E-state index in [1.807, 2.05) is 22.7 Å². The molecular weight excluding hydrogens is 370 g/mol. The van der Waals surface area contributed by atoms with Crippen molar-refractivity contribution < 1.29 is 13.7 Å². The van der Waals surface area contributed by atoms with Gasteiger partial charge < -0.3 is 0 Å². The number of hydrogen-bond acceptors (Lipinski definition) is 2. The molecule has 0 saturated heterocycles. The number of fused-ring (bicyclic) bond motifs is 8. The molecule has 0 N–H and O–H groups in total. The van der Waals surface area contributed by atoms with Crippen molar-refractivity contribution >= 4 is 43.1 Å². The third kappa shape index (κ3) is 1.78. The van der Waals surface area contributed by atoms with E-state index in [1.54, 1.807) is 0 Å². The Morgan fingerprint density at radius 2 is 1.15 bits per heavy atom. The summed E-state index contributed by atoms with van der Waals surface area (Å²) >= 11 is 3.83. The maximum atomic E-state index is 2.59. The second kappa shape index (κ2) is 5.00. The Morgan fingerprint density at radius 1 is 0.630 bits per heavy atom. The maximum Gasteiger partial charge on any atom is 0.335 e. The van der Waals surface area contributed by atoms with E-state index in [9.17, 15) is 0 Å². The Labute approximate surface area is 164 Å². The van der Waals surface area contributed by atoms with Crippen LogP contribution in [-0.4, -0.2) is 0 Å². The molecule has 2 aliphatic heterocycles. The molecule has 27 heavy (non-hydrogen) atoms. The second-order valence-corrected chi connectivity index (χ2v) is 9.35. The predicted octanol–water partition coefficient (Wildman–Crippen LogP) is 3.88. The zero-order chi connectivity index (χ0) is 17.5. The van der Waals surface area contributed by atoms with Crippen LogP contribution in [0.4, 0.5) is 0 Å². The van der Waals surface area contributed by atoms with Crippen LogP contribution >= 0.6 is 22.7 Å². The third-order valence-electron chi connectivity index (χ3n) is 5.83. The minimum absolute atomic E-state index is 0.446. The Balaban J connectivity index is 1.57. The largest absolute Gasteiger partial charge is 0.335 e. The fraction of sp³-hybridized carbons (Fsp3) is 0.136. The van der Waals surface area contributed by atoms with Crippen LogP contribution in [0.2, 0.25) is 0 Å². The lowest BCUT2D eigenvalue weighted by Crippen LogP contribution is -2.64. The summed E-state index contributed by atoms with van der Waals surface area (Å²) in [4.78, 5) is 0. The van der Waals surface area contributed by atoms with Crippen LogP contribution in [0.3, 0.4) is 0 Å². The molecule has 0 spiro atoms. The molecule has 0 atom stereocenters. The van der Waals surface area contributed by atoms with E-state index < -0.39 is 0 Å². The van der Waals surface area contributed by atoms with E-state index in [0.717, 1.165) is 13.1 Å². The molecule has 128 valence electrons. The van der Waals surface area contributed by atoms with E-state index in [4.69, 9.17) is 0 Å². The zero-order valence-electron chi connectivity index (χ0n) is 14.5. The predicted molar refractivity (Wildman–Crippen MR) is 108 cm³/mol. The molecule has 0 aliphatic carbocycles. The molecule has 0 amide bonds. The van der Waals surface area contributed by atoms with E-state index in [1.165, 1.54) is 41.8 Å². The zero-order valence-corrected chi connectivity index (χ0v) is 16.1. The van der Waals surface area contributed by atoms with Gasteiger partial charge in [-0.25, -0.2) is 0 Å². The van der Waals surface area contributed by atoms with E-state index in [2.05, 4.69) is 80.4 Å². The number of para-hydroxylation sites is 2. The van der Waals surface area contributed by atoms with Gasteiger partial charge in [-0.15, -0.1) is 0 Å². The van der Waals surface area contributed by atoms with Gasteiger partial charge in [0.25, 0.3) is 17.4 Å². The number of aromatic nitrogens is 3. The fourth-order valence-corrected chi connectivity index (χ4v) is 7.10. The molecule has 2 aromatic carbocycles. The van der Waals surface area contributed by atoms with Crippen molar-refractivity contribution in [1.29, 1.82) is 0 Å². The molecule has 3 aromatic heterocycles. The molecule has 3 nitrogen and oxygen atoms in total. The molecule has 7 rings (SSSR count). The van der Waals surface area contributed by atoms with Crippen LogP contribution in [0.25, 0.3) is 41.8 Å². The molecule has 0 radical (unpaired) electrons. The molecule has 0 fully saturated rings. The minimum Gasteiger partial charge on any atom is -0.169 e. The number of benzene rings is 2. The Bertz CT molecular complexity index is 1290. The second-order valence-electron chi connectivity index (χ2n) is 7.29. The average molecular weight is 387 g/mol. The molecule has 5 heterocycles. The smallest absolute Gasteiger partial charge is 0.169 e. The quantitative estimate of drug-likeness (QED) is 0.358. The van der Waals surface area contributed by atoms with Gasteiger partial charge in [0.1, 0.15) is 9.40 Å². The molecule has 0 saturated carbocycles. The van der Waals surface area contributed by atoms with Crippen molar-refractivity contribution in [2.75, 3.05) is 0 Å². The highest BCUT2D eigenvalue weighted by Crippen LogP contribution is 2.36. The topological polar surface area (TPSA) is 11.6 Å². The van der Waals surface area contributed by atoms with Crippen molar-refractivity contribution in [1.82, 2.24) is 0 Å². The lowest BCUT2D eigenvalue weighted by Gasteiger charge is -2.19. The molecular formula is C22H16N3S2+3. The fourth-order valence-electron chi connectivity index (χ4n) is 4.72. The molecule has 0 bridgehead atoms. The standard InChI is InChI=1S/C22H16N3S2/c1-3-10-19-15(6-1)23-12-14-13-24-16-7-2-4-11-20(16)27-22(24)18-9-5-8-17(25(14)18)21(23)26-19/h1-11,14H,12-13H2/q+3. The van der Waals surface area contributed by atoms with Crippen LogP contribution in [-0.2, 0) is 13.1 Å². The van der Waals surface area contributed by atoms with Crippen LogP contribution in [0, 0.1) is 0 Å². The molecule has 5 aromatic rings. The first-order chi connectivity index (χ1) is 13.4. The van der Waals surface area contributed by atoms with Gasteiger partial charge in [-0.3, -0.25) is 0 Å². The van der Waals surface area contributed by atoms with Gasteiger partial charge in [0.05, 0.1) is 0 Å². The summed E-state index contributed by atoms with van der Waals surface area (Å²) in [5.74, 6) is 0. The van der Waals surface area contributed by atoms with E-state index in [-0.39, 0.29) is 0 Å². The van der Waals surface area contributed by atoms with Gasteiger partial charge in [0, 0.05) is 24.3 Å². The van der Waals surface area contributed by atoms with Gasteiger partial charge in [-0.05, 0) is 18.2 Å². The highest BCUT2D eigenvalue weighted by atomic mass is 32.1. The first kappa shape index (κ1) is 14.4. The normalized spacial score (nSPS) is 15.0. The third-order valence-corrected chi connectivity index (χ3v) is 8.21. The lowest BCUT2D eigenvalue weighted by atomic mass is 10.1. The monoisotopic (exact) mass is 386 g/mol. The summed E-state index contributed by atoms with van der Waals surface area (Å²) in [7, 11) is 0. The first-order valence-electron chi connectivity index (χ1n) is 9.26. The summed E-state index contributed by atoms with van der Waals surface area (Å²) in [5.41, 5.74) is 5.43. The summed E-state index contributed by atoms with van der Waals surface area (Å²) in [6.45, 7) is 2.06. The summed E-state index contributed by atoms with van der Waals surface area (Å²) in [6.07, 6.45) is 0. The summed E-state index contributed by atoms with van der Waals surface area (Å²) < 4.78 is 10.4. The number of hydrogen-bond donors (Lipinski definition) is 0. The number of rotatable bonds is 0. The molecule has 0 unspecified atom stereocenters. The Morgan fingerprint density at radius 3 is 1.70 bits per heavy atom. The summed E-state index contributed by atoms with van der Waals surface area (Å²) in [6, 6.07) is 24.9. The van der Waals surface area contributed by atoms with Gasteiger partial charge >= 0.3 is 10.0 Å². The van der Waals surface area contributed by atoms with Crippen LogP contribution < -0.4 is 13.7 Å². The van der Waals surface area contributed by atoms with E-state index in [0.29, 0.717) is 6.04 Å². The highest BCUT2D eigenvalue weighted by molar-refractivity contribution is 7.21. The van der Waals surface area contributed by atoms with Crippen molar-refractivity contribution in [3.63, 3.8) is 0 Å². The van der Waals surface area contributed by atoms with E-state index >= 15 is 0 Å². The van der Waals surface area contributed by atoms with Crippen molar-refractivity contribution in [3.8, 4) is 21.4 Å². The van der Waals surface area contributed by atoms with Crippen LogP contribution in [0.15, 0.2) is 66.7 Å². The van der Waals surface area contributed by atoms with Crippen molar-refractivity contribution in [2.45, 2.75) is 19.1 Å². The minimum atomic E-state index is 0.446. The van der Waals surface area contributed by atoms with Gasteiger partial charge in [0.15, 0.2) is 0 Å². The average Bonchev–Trinajstić information content (AvgIpc) is 3.27. The van der Waals surface area contributed by atoms with Gasteiger partial charge in [0.2, 0.25) is 24.1 Å². The Kier molecular flexibility index (Phi) is 2.67. The SMILES string of the molecule is c1cc2[n+]3c(c1)-c1sc4ccccc4[n+]1CC3C[n+]1c-2sc2ccccc21. The highest BCUT2D eigenvalue weighted by Gasteiger charge is 2.50. The first-order valence-corrected chi connectivity index (χ1v) is 10.9. The maximum absolute atomic E-state index is 2.59. The van der Waals surface area contributed by atoms with Crippen LogP contribution in [0.5, 0.6) is 0 Å². The number of pyridine rings is 1. The molecule has 2 aliphatic rings. The van der Waals surface area contributed by atoms with Gasteiger partial charge in [-0.2, -0.15) is 13.7 Å². The Hall–Kier alpha value is -2.63. The van der Waals surface area contributed by atoms with Crippen molar-refractivity contribution in [3.05, 3.63) is 66.7 Å². The number of thiazole rings is 2. The number of nitrogens with zero attached hydrogens (tertiary/aromatic N) is 3. The van der Waals surface area contributed by atoms with Gasteiger partial charge in [-0.1, -0.05) is 46.9 Å². The summed E-state index contributed by atoms with van der Waals surface area (Å²) in [5, 5.41) is 2.76. The van der Waals surface area contributed by atoms with Crippen molar-refractivity contribution in [2.24, 2.45) is 0 Å². The lowest BCUT2D eigenvalue weighted by molar-refractivity contribution is -0.849.